The second-order valence-corrected chi connectivity index (χ2v) is 37.2. The Bertz CT molecular complexity index is 7430. The average Bonchev–Trinajstić information content (AvgIpc) is 1.68. The number of nitro groups is 1. The van der Waals surface area contributed by atoms with Gasteiger partial charge in [-0.3, -0.25) is 34.1 Å². The predicted molar refractivity (Wildman–Crippen MR) is 575 cm³/mol. The van der Waals surface area contributed by atoms with Gasteiger partial charge in [0.05, 0.1) is 87.0 Å². The number of aromatic nitrogens is 9. The zero-order valence-electron chi connectivity index (χ0n) is 84.6. The van der Waals surface area contributed by atoms with E-state index < -0.39 is 10.2 Å². The molecule has 4 amide bonds. The Hall–Kier alpha value is -16.6. The van der Waals surface area contributed by atoms with Crippen LogP contribution >= 0.6 is 11.6 Å². The first kappa shape index (κ1) is 105. The summed E-state index contributed by atoms with van der Waals surface area (Å²) in [4.78, 5) is 122. The number of piperazine rings is 3. The molecule has 3 aliphatic heterocycles. The highest BCUT2D eigenvalue weighted by Gasteiger charge is 2.32. The van der Waals surface area contributed by atoms with E-state index in [0.29, 0.717) is 117 Å². The van der Waals surface area contributed by atoms with Crippen molar-refractivity contribution in [2.45, 2.75) is 40.4 Å². The molecule has 3 fully saturated rings. The Morgan fingerprint density at radius 2 is 0.762 bits per heavy atom. The van der Waals surface area contributed by atoms with Crippen LogP contribution in [0.25, 0.3) is 66.5 Å². The molecule has 760 valence electrons. The lowest BCUT2D eigenvalue weighted by atomic mass is 10.0. The van der Waals surface area contributed by atoms with Gasteiger partial charge in [0, 0.05) is 262 Å². The normalized spacial score (nSPS) is 13.3. The van der Waals surface area contributed by atoms with Crippen LogP contribution in [0, 0.1) is 34.5 Å². The van der Waals surface area contributed by atoms with Crippen LogP contribution in [0.15, 0.2) is 243 Å². The van der Waals surface area contributed by atoms with E-state index in [1.165, 1.54) is 60.7 Å². The minimum absolute atomic E-state index is 0.0682. The summed E-state index contributed by atoms with van der Waals surface area (Å²) in [6.45, 7) is 23.2. The van der Waals surface area contributed by atoms with E-state index in [9.17, 15) is 47.3 Å². The van der Waals surface area contributed by atoms with Crippen LogP contribution in [-0.2, 0) is 50.4 Å². The Balaban J connectivity index is 0.000000161. The van der Waals surface area contributed by atoms with Gasteiger partial charge in [-0.15, -0.1) is 0 Å². The number of nitrogens with one attached hydrogen (secondary N) is 4. The molecule has 0 atom stereocenters. The molecule has 6 N–H and O–H groups in total. The van der Waals surface area contributed by atoms with Gasteiger partial charge in [0.1, 0.15) is 34.6 Å². The highest BCUT2D eigenvalue weighted by Crippen LogP contribution is 2.44. The lowest BCUT2D eigenvalue weighted by molar-refractivity contribution is -0.384. The van der Waals surface area contributed by atoms with Gasteiger partial charge in [0.25, 0.3) is 29.3 Å². The molecule has 33 nitrogen and oxygen atoms in total. The number of nitrogens with zero attached hydrogens (tertiary/aromatic N) is 19. The number of methoxy groups -OCH3 is 2. The number of amides is 4. The van der Waals surface area contributed by atoms with Crippen molar-refractivity contribution in [2.75, 3.05) is 177 Å². The van der Waals surface area contributed by atoms with Crippen molar-refractivity contribution >= 4 is 142 Å². The monoisotopic (exact) mass is 2010 g/mol. The van der Waals surface area contributed by atoms with Crippen molar-refractivity contribution in [2.24, 2.45) is 21.1 Å². The van der Waals surface area contributed by atoms with Crippen molar-refractivity contribution in [1.82, 2.24) is 73.0 Å². The molecule has 0 saturated carbocycles. The minimum atomic E-state index is -0.463. The van der Waals surface area contributed by atoms with E-state index in [1.54, 1.807) is 107 Å². The van der Waals surface area contributed by atoms with Crippen molar-refractivity contribution < 1.29 is 51.5 Å². The number of allylic oxidation sites excluding steroid dienone is 1. The van der Waals surface area contributed by atoms with E-state index in [1.807, 2.05) is 163 Å². The number of ether oxygens (including phenoxy) is 2. The fourth-order valence-electron chi connectivity index (χ4n) is 17.7. The Morgan fingerprint density at radius 3 is 1.10 bits per heavy atom. The molecule has 147 heavy (non-hydrogen) atoms. The van der Waals surface area contributed by atoms with E-state index in [-0.39, 0.29) is 71.4 Å². The summed E-state index contributed by atoms with van der Waals surface area (Å²) in [5.74, 6) is -0.402. The number of anilines is 11. The third kappa shape index (κ3) is 24.7. The summed E-state index contributed by atoms with van der Waals surface area (Å²) in [5.41, 5.74) is 23.4. The number of nitrogen functional groups attached to an aromatic ring is 1. The fourth-order valence-corrected chi connectivity index (χ4v) is 17.7. The predicted octanol–water partition coefficient (Wildman–Crippen LogP) is 18.3. The van der Waals surface area contributed by atoms with Crippen molar-refractivity contribution in [1.29, 1.82) is 0 Å². The molecule has 0 aliphatic carbocycles. The zero-order chi connectivity index (χ0) is 105. The number of hydrogen-bond acceptors (Lipinski definition) is 25. The maximum atomic E-state index is 14.0. The Kier molecular flexibility index (Phi) is 33.1. The molecule has 0 spiro atoms. The number of aryl methyl sites for hydroxylation is 4. The Morgan fingerprint density at radius 1 is 0.442 bits per heavy atom. The number of hydrogen-bond donors (Lipinski definition) is 5. The number of rotatable bonds is 27. The zero-order valence-corrected chi connectivity index (χ0v) is 85.3. The Labute approximate surface area is 855 Å². The van der Waals surface area contributed by atoms with Gasteiger partial charge >= 0.3 is 0 Å². The SMILES string of the molecule is C=C(C)C(=O)Cl.C=C(C)C(=O)Nc1cc(Nc2ncc(C(=O)N(C)Cc3ccc(F)cc3)c(-c3cn(C)c4ccccc34)n2)c(C)cc1N1CCN(C)CC1.COc1cc(N2CCN(C)CC2)c(N)cc1Nc1ncc(C(=O)N(C)Cc2ccc(F)cc2)c(-c2cn(C)c3ccccc23)n1.COc1cc(N2CCN(C)CC2)c([N+](=O)[O-])cc1Nc1ncc(C(=O)N(C)Cc2ccc(F)cc2)c(-c2cn(C)c3ccccc23)n1. The molecule has 9 heterocycles. The molecule has 3 saturated heterocycles. The van der Waals surface area contributed by atoms with Crippen LogP contribution in [0.2, 0.25) is 0 Å². The van der Waals surface area contributed by atoms with Crippen LogP contribution in [0.4, 0.5) is 82.2 Å². The number of benzene rings is 9. The molecule has 9 aromatic carbocycles. The number of halogens is 4. The smallest absolute Gasteiger partial charge is 0.294 e. The van der Waals surface area contributed by atoms with Gasteiger partial charge in [0.15, 0.2) is 0 Å². The molecule has 6 aromatic heterocycles. The van der Waals surface area contributed by atoms with Crippen LogP contribution in [-0.4, -0.2) is 242 Å². The maximum absolute atomic E-state index is 14.0. The third-order valence-electron chi connectivity index (χ3n) is 26.0. The van der Waals surface area contributed by atoms with Crippen molar-refractivity contribution in [3.8, 4) is 45.3 Å². The summed E-state index contributed by atoms with van der Waals surface area (Å²) >= 11 is 4.87. The minimum Gasteiger partial charge on any atom is -0.494 e. The molecule has 3 aliphatic rings. The number of likely N-dealkylation sites (N-methyl/N-ethyl adjacent to an activating group) is 3. The molecule has 15 aromatic rings. The van der Waals surface area contributed by atoms with E-state index in [2.05, 4.69) is 94.0 Å². The standard InChI is InChI=1S/C38H41FN8O2.C34H35FN8O4.C34H37FN8O2.C4H5ClO/c1-24(2)36(48)41-32-20-31(25(3)19-34(32)47-17-15-44(4)16-18-47)42-38-40-21-29(37(49)46(6)22-26-11-13-27(39)14-12-26)35(43-38)30-23-45(5)33-10-8-7-9-28(30)33;1-39-13-15-42(16-14-39)29-18-31(47-4)27(17-30(29)43(45)46)37-34-36-19-25(33(44)41(3)20-22-9-11-23(35)12-10-22)32(38-34)26-21-40(2)28-8-6-5-7-24(26)28;1-40-13-15-43(16-14-40)30-18-31(45-4)28(17-27(30)36)38-34-37-19-25(33(44)42(3)20-22-9-11-23(35)12-10-22)32(39-34)26-21-41(2)29-8-6-5-7-24(26)29;1-3(2)4(5)6/h7-14,19-21,23H,1,15-18,22H2,2-6H3,(H,41,48)(H,40,42,43);5-12,17-19,21H,13-16,20H2,1-4H3,(H,36,37,38);5-12,17-19,21H,13-16,20,36H2,1-4H3,(H,37,38,39);1H2,2H3. The second kappa shape index (κ2) is 46.4. The summed E-state index contributed by atoms with van der Waals surface area (Å²) in [7, 11) is 20.3. The van der Waals surface area contributed by atoms with Crippen molar-refractivity contribution in [3.63, 3.8) is 0 Å². The topological polar surface area (TPSA) is 342 Å². The lowest BCUT2D eigenvalue weighted by Crippen LogP contribution is -2.44. The fraction of sp³-hybridized carbons (Fsp3) is 0.264. The number of fused-ring (bicyclic) bond motifs is 3. The van der Waals surface area contributed by atoms with Crippen LogP contribution in [0.3, 0.4) is 0 Å². The van der Waals surface area contributed by atoms with Gasteiger partial charge < -0.3 is 94.3 Å². The van der Waals surface area contributed by atoms with Crippen LogP contribution in [0.5, 0.6) is 11.5 Å². The highest BCUT2D eigenvalue weighted by atomic mass is 35.5. The van der Waals surface area contributed by atoms with Gasteiger partial charge in [0.2, 0.25) is 23.1 Å². The molecule has 0 radical (unpaired) electrons. The molecule has 0 bridgehead atoms. The average molecular weight is 2010 g/mol. The molecule has 37 heteroatoms. The van der Waals surface area contributed by atoms with E-state index >= 15 is 0 Å². The second-order valence-electron chi connectivity index (χ2n) is 36.9. The number of nitrogens with two attached hydrogens (primary N) is 1. The first-order valence-electron chi connectivity index (χ1n) is 47.6. The summed E-state index contributed by atoms with van der Waals surface area (Å²) in [6, 6.07) is 52.8. The lowest BCUT2D eigenvalue weighted by Gasteiger charge is -2.35. The number of carbonyl (C=O) groups excluding carboxylic acids is 5. The third-order valence-corrected chi connectivity index (χ3v) is 26.3. The molecule has 0 unspecified atom stereocenters. The van der Waals surface area contributed by atoms with Crippen LogP contribution in [0.1, 0.15) is 67.2 Å². The molecular formula is C110H118ClF3N24O9. The first-order valence-corrected chi connectivity index (χ1v) is 48.0. The number of para-hydroxylation sites is 3. The maximum Gasteiger partial charge on any atom is 0.294 e. The van der Waals surface area contributed by atoms with Gasteiger partial charge in [-0.25, -0.2) is 43.1 Å². The quantitative estimate of drug-likeness (QED) is 0.0105. The van der Waals surface area contributed by atoms with Gasteiger partial charge in [-0.1, -0.05) is 104 Å². The van der Waals surface area contributed by atoms with Crippen LogP contribution < -0.4 is 51.2 Å². The number of carbonyl (C=O) groups is 5. The first-order chi connectivity index (χ1) is 70.5. The van der Waals surface area contributed by atoms with Gasteiger partial charge in [-0.2, -0.15) is 0 Å². The highest BCUT2D eigenvalue weighted by molar-refractivity contribution is 6.67. The largest absolute Gasteiger partial charge is 0.494 e. The van der Waals surface area contributed by atoms with E-state index in [4.69, 9.17) is 41.8 Å². The summed E-state index contributed by atoms with van der Waals surface area (Å²) < 4.78 is 57.9. The number of nitro benzene ring substituents is 1. The van der Waals surface area contributed by atoms with Crippen molar-refractivity contribution in [3.05, 3.63) is 310 Å². The summed E-state index contributed by atoms with van der Waals surface area (Å²) in [6.07, 6.45) is 10.4. The van der Waals surface area contributed by atoms with Gasteiger partial charge in [-0.05, 0) is 149 Å². The molecule has 18 rings (SSSR count). The van der Waals surface area contributed by atoms with E-state index in [0.717, 1.165) is 148 Å². The summed E-state index contributed by atoms with van der Waals surface area (Å²) in [5, 5.41) is 27.4. The molecular weight excluding hydrogens is 1890 g/mol.